The quantitative estimate of drug-likeness (QED) is 0.262. The molecule has 8 nitrogen and oxygen atoms in total. The summed E-state index contributed by atoms with van der Waals surface area (Å²) in [5, 5.41) is 5.62. The van der Waals surface area contributed by atoms with Crippen LogP contribution in [0, 0.1) is 0 Å². The summed E-state index contributed by atoms with van der Waals surface area (Å²) in [6.45, 7) is 2.21. The summed E-state index contributed by atoms with van der Waals surface area (Å²) in [5.41, 5.74) is 2.78. The van der Waals surface area contributed by atoms with Crippen LogP contribution in [0.2, 0.25) is 0 Å². The third kappa shape index (κ3) is 8.04. The maximum atomic E-state index is 12.4. The Kier molecular flexibility index (Phi) is 9.01. The number of carbonyl (C=O) groups excluding carboxylic acids is 3. The number of rotatable bonds is 9. The second-order valence-electron chi connectivity index (χ2n) is 7.29. The molecule has 0 aromatic heterocycles. The summed E-state index contributed by atoms with van der Waals surface area (Å²) in [7, 11) is 1.59. The third-order valence-electron chi connectivity index (χ3n) is 4.78. The van der Waals surface area contributed by atoms with Gasteiger partial charge in [-0.2, -0.15) is 0 Å². The van der Waals surface area contributed by atoms with Crippen LogP contribution in [0.25, 0.3) is 6.08 Å². The fourth-order valence-electron chi connectivity index (χ4n) is 3.01. The second kappa shape index (κ2) is 12.6. The fraction of sp³-hybridized carbons (Fsp3) is 0.148. The monoisotopic (exact) mass is 474 g/mol. The van der Waals surface area contributed by atoms with Crippen molar-refractivity contribution in [2.45, 2.75) is 13.5 Å². The van der Waals surface area contributed by atoms with Gasteiger partial charge in [0.05, 0.1) is 13.7 Å². The summed E-state index contributed by atoms with van der Waals surface area (Å²) >= 11 is 0. The Hall–Kier alpha value is -4.59. The number of methoxy groups -OCH3 is 1. The summed E-state index contributed by atoms with van der Waals surface area (Å²) in [4.78, 5) is 35.9. The molecule has 0 saturated carbocycles. The van der Waals surface area contributed by atoms with E-state index in [1.165, 1.54) is 18.2 Å². The highest BCUT2D eigenvalue weighted by Crippen LogP contribution is 2.15. The zero-order valence-corrected chi connectivity index (χ0v) is 19.4. The van der Waals surface area contributed by atoms with Gasteiger partial charge in [-0.15, -0.1) is 0 Å². The molecule has 0 aliphatic rings. The molecule has 3 aromatic rings. The Labute approximate surface area is 203 Å². The molecule has 0 aliphatic carbocycles. The van der Waals surface area contributed by atoms with Gasteiger partial charge in [0, 0.05) is 23.9 Å². The van der Waals surface area contributed by atoms with Gasteiger partial charge in [-0.1, -0.05) is 24.3 Å². The number of carbonyl (C=O) groups is 3. The lowest BCUT2D eigenvalue weighted by molar-refractivity contribution is -0.111. The Balaban J connectivity index is 1.47. The maximum Gasteiger partial charge on any atom is 0.513 e. The second-order valence-corrected chi connectivity index (χ2v) is 7.29. The Morgan fingerprint density at radius 1 is 0.914 bits per heavy atom. The highest BCUT2D eigenvalue weighted by Gasteiger charge is 2.08. The van der Waals surface area contributed by atoms with Gasteiger partial charge in [0.1, 0.15) is 11.5 Å². The van der Waals surface area contributed by atoms with Crippen molar-refractivity contribution in [2.75, 3.05) is 19.0 Å². The average molecular weight is 475 g/mol. The molecule has 0 radical (unpaired) electrons. The van der Waals surface area contributed by atoms with Crippen LogP contribution in [0.15, 0.2) is 78.9 Å². The molecule has 0 unspecified atom stereocenters. The van der Waals surface area contributed by atoms with Crippen molar-refractivity contribution in [3.63, 3.8) is 0 Å². The highest BCUT2D eigenvalue weighted by molar-refractivity contribution is 6.02. The van der Waals surface area contributed by atoms with Gasteiger partial charge in [-0.25, -0.2) is 4.79 Å². The molecule has 0 atom stereocenters. The van der Waals surface area contributed by atoms with E-state index in [1.54, 1.807) is 44.4 Å². The van der Waals surface area contributed by atoms with E-state index in [2.05, 4.69) is 10.6 Å². The maximum absolute atomic E-state index is 12.4. The van der Waals surface area contributed by atoms with E-state index < -0.39 is 6.16 Å². The summed E-state index contributed by atoms with van der Waals surface area (Å²) < 4.78 is 14.9. The molecule has 0 aliphatic heterocycles. The van der Waals surface area contributed by atoms with Crippen molar-refractivity contribution in [1.29, 1.82) is 0 Å². The molecule has 0 bridgehead atoms. The number of hydrogen-bond donors (Lipinski definition) is 2. The largest absolute Gasteiger partial charge is 0.513 e. The van der Waals surface area contributed by atoms with Gasteiger partial charge in [-0.05, 0) is 72.7 Å². The summed E-state index contributed by atoms with van der Waals surface area (Å²) in [6.07, 6.45) is 2.36. The molecule has 2 amide bonds. The molecule has 0 fully saturated rings. The predicted octanol–water partition coefficient (Wildman–Crippen LogP) is 4.81. The predicted molar refractivity (Wildman–Crippen MR) is 132 cm³/mol. The van der Waals surface area contributed by atoms with Crippen LogP contribution in [-0.2, 0) is 16.1 Å². The van der Waals surface area contributed by atoms with Crippen LogP contribution in [0.3, 0.4) is 0 Å². The number of amides is 2. The van der Waals surface area contributed by atoms with E-state index in [0.29, 0.717) is 17.8 Å². The summed E-state index contributed by atoms with van der Waals surface area (Å²) in [6, 6.07) is 20.7. The van der Waals surface area contributed by atoms with Crippen molar-refractivity contribution >= 4 is 29.7 Å². The topological polar surface area (TPSA) is 103 Å². The van der Waals surface area contributed by atoms with E-state index in [9.17, 15) is 14.4 Å². The van der Waals surface area contributed by atoms with Gasteiger partial charge in [0.15, 0.2) is 0 Å². The van der Waals surface area contributed by atoms with Gasteiger partial charge >= 0.3 is 6.16 Å². The smallest absolute Gasteiger partial charge is 0.497 e. The van der Waals surface area contributed by atoms with Crippen LogP contribution >= 0.6 is 0 Å². The van der Waals surface area contributed by atoms with Gasteiger partial charge in [0.25, 0.3) is 5.91 Å². The van der Waals surface area contributed by atoms with Crippen molar-refractivity contribution in [3.05, 3.63) is 95.6 Å². The molecule has 0 saturated heterocycles. The first kappa shape index (κ1) is 25.0. The lowest BCUT2D eigenvalue weighted by Gasteiger charge is -2.08. The zero-order chi connectivity index (χ0) is 25.0. The molecular formula is C27H26N2O6. The van der Waals surface area contributed by atoms with Gasteiger partial charge < -0.3 is 24.8 Å². The van der Waals surface area contributed by atoms with Crippen molar-refractivity contribution in [1.82, 2.24) is 5.32 Å². The van der Waals surface area contributed by atoms with Crippen LogP contribution in [0.4, 0.5) is 10.5 Å². The van der Waals surface area contributed by atoms with E-state index in [4.69, 9.17) is 14.2 Å². The number of anilines is 1. The number of hydrogen-bond acceptors (Lipinski definition) is 6. The third-order valence-corrected chi connectivity index (χ3v) is 4.78. The zero-order valence-electron chi connectivity index (χ0n) is 19.4. The molecule has 35 heavy (non-hydrogen) atoms. The number of nitrogens with one attached hydrogen (secondary N) is 2. The Morgan fingerprint density at radius 2 is 1.66 bits per heavy atom. The molecular weight excluding hydrogens is 448 g/mol. The van der Waals surface area contributed by atoms with E-state index in [-0.39, 0.29) is 24.2 Å². The normalized spacial score (nSPS) is 10.5. The van der Waals surface area contributed by atoms with Crippen LogP contribution in [-0.4, -0.2) is 31.7 Å². The number of benzene rings is 3. The fourth-order valence-corrected chi connectivity index (χ4v) is 3.01. The van der Waals surface area contributed by atoms with Crippen LogP contribution in [0.5, 0.6) is 11.5 Å². The molecule has 3 rings (SSSR count). The SMILES string of the molecule is CCOC(=O)Oc1ccc(C(=O)NCc2ccc(NC(=O)/C=C/c3cccc(OC)c3)cc2)cc1. The minimum atomic E-state index is -0.794. The molecule has 0 heterocycles. The molecule has 3 aromatic carbocycles. The first-order valence-electron chi connectivity index (χ1n) is 10.9. The summed E-state index contributed by atoms with van der Waals surface area (Å²) in [5.74, 6) is 0.475. The minimum absolute atomic E-state index is 0.216. The van der Waals surface area contributed by atoms with Crippen LogP contribution in [0.1, 0.15) is 28.4 Å². The van der Waals surface area contributed by atoms with E-state index in [1.807, 2.05) is 36.4 Å². The molecule has 8 heteroatoms. The first-order valence-corrected chi connectivity index (χ1v) is 10.9. The average Bonchev–Trinajstić information content (AvgIpc) is 2.87. The minimum Gasteiger partial charge on any atom is -0.497 e. The van der Waals surface area contributed by atoms with Crippen LogP contribution < -0.4 is 20.1 Å². The Morgan fingerprint density at radius 3 is 2.34 bits per heavy atom. The van der Waals surface area contributed by atoms with E-state index in [0.717, 1.165) is 16.9 Å². The lowest BCUT2D eigenvalue weighted by atomic mass is 10.1. The molecule has 0 spiro atoms. The van der Waals surface area contributed by atoms with E-state index >= 15 is 0 Å². The Bertz CT molecular complexity index is 1190. The van der Waals surface area contributed by atoms with Gasteiger partial charge in [0.2, 0.25) is 5.91 Å². The first-order chi connectivity index (χ1) is 17.0. The van der Waals surface area contributed by atoms with Crippen molar-refractivity contribution < 1.29 is 28.6 Å². The molecule has 2 N–H and O–H groups in total. The van der Waals surface area contributed by atoms with Gasteiger partial charge in [-0.3, -0.25) is 9.59 Å². The standard InChI is InChI=1S/C27H26N2O6/c1-3-34-27(32)35-23-14-10-21(11-15-23)26(31)28-18-20-7-12-22(13-8-20)29-25(30)16-9-19-5-4-6-24(17-19)33-2/h4-17H,3,18H2,1-2H3,(H,28,31)(H,29,30)/b16-9+. The molecule has 180 valence electrons. The van der Waals surface area contributed by atoms with Crippen molar-refractivity contribution in [3.8, 4) is 11.5 Å². The lowest BCUT2D eigenvalue weighted by Crippen LogP contribution is -2.22. The highest BCUT2D eigenvalue weighted by atomic mass is 16.7. The number of ether oxygens (including phenoxy) is 3. The van der Waals surface area contributed by atoms with Crippen molar-refractivity contribution in [2.24, 2.45) is 0 Å².